The molecule has 0 saturated heterocycles. The van der Waals surface area contributed by atoms with E-state index >= 15 is 0 Å². The fourth-order valence-electron chi connectivity index (χ4n) is 1.46. The van der Waals surface area contributed by atoms with Crippen LogP contribution in [-0.2, 0) is 9.59 Å². The van der Waals surface area contributed by atoms with E-state index in [2.05, 4.69) is 16.0 Å². The van der Waals surface area contributed by atoms with Crippen LogP contribution in [0.3, 0.4) is 0 Å². The van der Waals surface area contributed by atoms with Crippen molar-refractivity contribution in [3.05, 3.63) is 0 Å². The maximum atomic E-state index is 11.6. The molecular weight excluding hydrogens is 206 g/mol. The average molecular weight is 229 g/mol. The van der Waals surface area contributed by atoms with Crippen LogP contribution in [0.1, 0.15) is 33.1 Å². The quantitative estimate of drug-likeness (QED) is 0.514. The molecular formula is C11H23N3O2. The van der Waals surface area contributed by atoms with Crippen LogP contribution in [0.5, 0.6) is 0 Å². The molecule has 0 radical (unpaired) electrons. The number of amides is 2. The summed E-state index contributed by atoms with van der Waals surface area (Å²) < 4.78 is 0. The molecule has 5 nitrogen and oxygen atoms in total. The third kappa shape index (κ3) is 7.23. The smallest absolute Gasteiger partial charge is 0.242 e. The number of rotatable bonds is 8. The summed E-state index contributed by atoms with van der Waals surface area (Å²) in [6.07, 6.45) is 2.61. The first-order valence-electron chi connectivity index (χ1n) is 5.81. The maximum Gasteiger partial charge on any atom is 0.242 e. The third-order valence-corrected chi connectivity index (χ3v) is 2.21. The molecule has 2 amide bonds. The molecule has 0 saturated carbocycles. The van der Waals surface area contributed by atoms with Gasteiger partial charge in [0.15, 0.2) is 0 Å². The van der Waals surface area contributed by atoms with Crippen LogP contribution in [0.15, 0.2) is 0 Å². The number of hydrogen-bond acceptors (Lipinski definition) is 3. The average Bonchev–Trinajstić information content (AvgIpc) is 2.22. The van der Waals surface area contributed by atoms with E-state index in [0.717, 1.165) is 19.4 Å². The van der Waals surface area contributed by atoms with E-state index in [-0.39, 0.29) is 11.8 Å². The summed E-state index contributed by atoms with van der Waals surface area (Å²) in [5.74, 6) is -0.257. The second kappa shape index (κ2) is 9.15. The number of hydrogen-bond donors (Lipinski definition) is 3. The van der Waals surface area contributed by atoms with Gasteiger partial charge < -0.3 is 16.0 Å². The molecule has 3 N–H and O–H groups in total. The summed E-state index contributed by atoms with van der Waals surface area (Å²) in [6, 6.07) is -0.394. The fraction of sp³-hybridized carbons (Fsp3) is 0.818. The van der Waals surface area contributed by atoms with Crippen LogP contribution < -0.4 is 16.0 Å². The number of nitrogens with one attached hydrogen (secondary N) is 3. The zero-order chi connectivity index (χ0) is 12.4. The van der Waals surface area contributed by atoms with E-state index in [1.54, 1.807) is 0 Å². The first-order valence-corrected chi connectivity index (χ1v) is 5.81. The van der Waals surface area contributed by atoms with Gasteiger partial charge in [-0.25, -0.2) is 0 Å². The SMILES string of the molecule is CCNC(=O)C(CCCCNC)NC(C)=O. The monoisotopic (exact) mass is 229 g/mol. The van der Waals surface area contributed by atoms with Gasteiger partial charge in [-0.2, -0.15) is 0 Å². The minimum absolute atomic E-state index is 0.0952. The van der Waals surface area contributed by atoms with E-state index < -0.39 is 6.04 Å². The molecule has 16 heavy (non-hydrogen) atoms. The molecule has 0 aliphatic rings. The van der Waals surface area contributed by atoms with Crippen molar-refractivity contribution in [1.29, 1.82) is 0 Å². The molecule has 0 aliphatic heterocycles. The highest BCUT2D eigenvalue weighted by atomic mass is 16.2. The molecule has 0 aromatic carbocycles. The van der Waals surface area contributed by atoms with Gasteiger partial charge in [-0.1, -0.05) is 0 Å². The van der Waals surface area contributed by atoms with E-state index in [9.17, 15) is 9.59 Å². The third-order valence-electron chi connectivity index (χ3n) is 2.21. The Hall–Kier alpha value is -1.10. The topological polar surface area (TPSA) is 70.2 Å². The van der Waals surface area contributed by atoms with Gasteiger partial charge in [0.1, 0.15) is 6.04 Å². The number of carbonyl (C=O) groups excluding carboxylic acids is 2. The van der Waals surface area contributed by atoms with Gasteiger partial charge >= 0.3 is 0 Å². The van der Waals surface area contributed by atoms with Crippen molar-refractivity contribution in [3.63, 3.8) is 0 Å². The number of carbonyl (C=O) groups is 2. The molecule has 0 aromatic rings. The van der Waals surface area contributed by atoms with Crippen LogP contribution >= 0.6 is 0 Å². The minimum Gasteiger partial charge on any atom is -0.355 e. The van der Waals surface area contributed by atoms with E-state index in [1.807, 2.05) is 14.0 Å². The summed E-state index contributed by atoms with van der Waals surface area (Å²) in [7, 11) is 1.90. The Bertz CT molecular complexity index is 219. The molecule has 0 heterocycles. The Labute approximate surface area is 97.4 Å². The second-order valence-electron chi connectivity index (χ2n) is 3.75. The fourth-order valence-corrected chi connectivity index (χ4v) is 1.46. The Kier molecular flexibility index (Phi) is 8.52. The Morgan fingerprint density at radius 2 is 1.94 bits per heavy atom. The number of likely N-dealkylation sites (N-methyl/N-ethyl adjacent to an activating group) is 1. The van der Waals surface area contributed by atoms with Crippen LogP contribution in [0.4, 0.5) is 0 Å². The minimum atomic E-state index is -0.394. The molecule has 0 aliphatic carbocycles. The van der Waals surface area contributed by atoms with Crippen molar-refractivity contribution in [2.24, 2.45) is 0 Å². The summed E-state index contributed by atoms with van der Waals surface area (Å²) in [4.78, 5) is 22.5. The molecule has 0 bridgehead atoms. The van der Waals surface area contributed by atoms with Gasteiger partial charge in [0, 0.05) is 13.5 Å². The molecule has 0 fully saturated rings. The summed E-state index contributed by atoms with van der Waals surface area (Å²) in [5, 5.41) is 8.44. The van der Waals surface area contributed by atoms with Crippen molar-refractivity contribution in [1.82, 2.24) is 16.0 Å². The maximum absolute atomic E-state index is 11.6. The zero-order valence-corrected chi connectivity index (χ0v) is 10.4. The molecule has 1 unspecified atom stereocenters. The van der Waals surface area contributed by atoms with Gasteiger partial charge in [-0.15, -0.1) is 0 Å². The highest BCUT2D eigenvalue weighted by Gasteiger charge is 2.17. The van der Waals surface area contributed by atoms with Crippen LogP contribution in [0.25, 0.3) is 0 Å². The van der Waals surface area contributed by atoms with Crippen molar-refractivity contribution in [2.45, 2.75) is 39.2 Å². The van der Waals surface area contributed by atoms with Gasteiger partial charge in [-0.3, -0.25) is 9.59 Å². The lowest BCUT2D eigenvalue weighted by atomic mass is 10.1. The zero-order valence-electron chi connectivity index (χ0n) is 10.4. The van der Waals surface area contributed by atoms with E-state index in [4.69, 9.17) is 0 Å². The lowest BCUT2D eigenvalue weighted by molar-refractivity contribution is -0.128. The molecule has 94 valence electrons. The first kappa shape index (κ1) is 14.9. The van der Waals surface area contributed by atoms with Crippen LogP contribution in [0.2, 0.25) is 0 Å². The van der Waals surface area contributed by atoms with Crippen molar-refractivity contribution in [2.75, 3.05) is 20.1 Å². The lowest BCUT2D eigenvalue weighted by Crippen LogP contribution is -2.46. The summed E-state index contributed by atoms with van der Waals surface area (Å²) >= 11 is 0. The molecule has 0 spiro atoms. The van der Waals surface area contributed by atoms with Crippen molar-refractivity contribution < 1.29 is 9.59 Å². The predicted molar refractivity (Wildman–Crippen MR) is 64.1 cm³/mol. The Balaban J connectivity index is 3.99. The predicted octanol–water partition coefficient (Wildman–Crippen LogP) is 0.0169. The molecule has 5 heteroatoms. The second-order valence-corrected chi connectivity index (χ2v) is 3.75. The molecule has 0 aromatic heterocycles. The van der Waals surface area contributed by atoms with Crippen LogP contribution in [0, 0.1) is 0 Å². The van der Waals surface area contributed by atoms with Gasteiger partial charge in [-0.05, 0) is 39.8 Å². The Morgan fingerprint density at radius 1 is 1.25 bits per heavy atom. The van der Waals surface area contributed by atoms with Gasteiger partial charge in [0.05, 0.1) is 0 Å². The van der Waals surface area contributed by atoms with Crippen molar-refractivity contribution >= 4 is 11.8 Å². The highest BCUT2D eigenvalue weighted by Crippen LogP contribution is 2.01. The standard InChI is InChI=1S/C11H23N3O2/c1-4-13-11(16)10(14-9(2)15)7-5-6-8-12-3/h10,12H,4-8H2,1-3H3,(H,13,16)(H,14,15). The summed E-state index contributed by atoms with van der Waals surface area (Å²) in [6.45, 7) is 4.82. The Morgan fingerprint density at radius 3 is 2.44 bits per heavy atom. The van der Waals surface area contributed by atoms with Gasteiger partial charge in [0.2, 0.25) is 11.8 Å². The first-order chi connectivity index (χ1) is 7.61. The molecule has 0 rings (SSSR count). The van der Waals surface area contributed by atoms with E-state index in [1.165, 1.54) is 6.92 Å². The molecule has 1 atom stereocenters. The highest BCUT2D eigenvalue weighted by molar-refractivity contribution is 5.86. The normalized spacial score (nSPS) is 11.9. The van der Waals surface area contributed by atoms with E-state index in [0.29, 0.717) is 13.0 Å². The van der Waals surface area contributed by atoms with Crippen LogP contribution in [-0.4, -0.2) is 38.0 Å². The van der Waals surface area contributed by atoms with Crippen molar-refractivity contribution in [3.8, 4) is 0 Å². The largest absolute Gasteiger partial charge is 0.355 e. The summed E-state index contributed by atoms with van der Waals surface area (Å²) in [5.41, 5.74) is 0. The lowest BCUT2D eigenvalue weighted by Gasteiger charge is -2.16. The van der Waals surface area contributed by atoms with Gasteiger partial charge in [0.25, 0.3) is 0 Å². The number of unbranched alkanes of at least 4 members (excludes halogenated alkanes) is 1.